The van der Waals surface area contributed by atoms with Crippen LogP contribution in [0.15, 0.2) is 30.3 Å². The number of benzene rings is 1. The fraction of sp³-hybridized carbons (Fsp3) is 0.533. The first-order chi connectivity index (χ1) is 9.34. The summed E-state index contributed by atoms with van der Waals surface area (Å²) in [7, 11) is 0. The Hall–Kier alpha value is -1.39. The van der Waals surface area contributed by atoms with E-state index in [1.54, 1.807) is 0 Å². The second kappa shape index (κ2) is 7.92. The third kappa shape index (κ3) is 5.41. The number of piperazine rings is 1. The summed E-state index contributed by atoms with van der Waals surface area (Å²) >= 11 is 0. The molecule has 4 nitrogen and oxygen atoms in total. The van der Waals surface area contributed by atoms with Crippen molar-refractivity contribution in [1.82, 2.24) is 15.5 Å². The van der Waals surface area contributed by atoms with Crippen molar-refractivity contribution in [3.63, 3.8) is 0 Å². The Bertz CT molecular complexity index is 374. The molecule has 1 aromatic carbocycles. The monoisotopic (exact) mass is 261 g/mol. The lowest BCUT2D eigenvalue weighted by Gasteiger charge is -2.26. The van der Waals surface area contributed by atoms with Crippen LogP contribution < -0.4 is 10.6 Å². The molecular formula is C15H23N3O. The van der Waals surface area contributed by atoms with Gasteiger partial charge in [-0.15, -0.1) is 0 Å². The van der Waals surface area contributed by atoms with Gasteiger partial charge in [0.25, 0.3) is 0 Å². The molecule has 0 saturated carbocycles. The minimum absolute atomic E-state index is 0.148. The smallest absolute Gasteiger partial charge is 0.234 e. The number of carbonyl (C=O) groups is 1. The van der Waals surface area contributed by atoms with Gasteiger partial charge in [-0.1, -0.05) is 30.3 Å². The molecule has 1 fully saturated rings. The van der Waals surface area contributed by atoms with E-state index < -0.39 is 0 Å². The standard InChI is InChI=1S/C15H23N3O/c19-15(13-18-11-9-16-10-12-18)17-8-4-7-14-5-2-1-3-6-14/h1-3,5-6,16H,4,7-13H2,(H,17,19). The number of hydrogen-bond acceptors (Lipinski definition) is 3. The van der Waals surface area contributed by atoms with E-state index in [0.29, 0.717) is 6.54 Å². The SMILES string of the molecule is O=C(CN1CCNCC1)NCCCc1ccccc1. The Balaban J connectivity index is 1.56. The number of hydrogen-bond donors (Lipinski definition) is 2. The van der Waals surface area contributed by atoms with E-state index in [4.69, 9.17) is 0 Å². The van der Waals surface area contributed by atoms with Crippen molar-refractivity contribution in [3.8, 4) is 0 Å². The molecule has 0 aliphatic carbocycles. The fourth-order valence-corrected chi connectivity index (χ4v) is 2.29. The van der Waals surface area contributed by atoms with Gasteiger partial charge >= 0.3 is 0 Å². The molecule has 1 aromatic rings. The quantitative estimate of drug-likeness (QED) is 0.739. The molecule has 1 heterocycles. The van der Waals surface area contributed by atoms with Crippen LogP contribution in [0, 0.1) is 0 Å². The van der Waals surface area contributed by atoms with E-state index >= 15 is 0 Å². The molecule has 0 aromatic heterocycles. The summed E-state index contributed by atoms with van der Waals surface area (Å²) in [6.45, 7) is 5.21. The second-order valence-electron chi connectivity index (χ2n) is 4.97. The van der Waals surface area contributed by atoms with Crippen LogP contribution in [0.3, 0.4) is 0 Å². The molecule has 0 radical (unpaired) electrons. The molecule has 2 rings (SSSR count). The molecule has 0 spiro atoms. The van der Waals surface area contributed by atoms with Crippen molar-refractivity contribution in [3.05, 3.63) is 35.9 Å². The van der Waals surface area contributed by atoms with Gasteiger partial charge in [-0.25, -0.2) is 0 Å². The highest BCUT2D eigenvalue weighted by Crippen LogP contribution is 2.01. The zero-order valence-electron chi connectivity index (χ0n) is 11.4. The Labute approximate surface area is 115 Å². The van der Waals surface area contributed by atoms with Gasteiger partial charge in [-0.05, 0) is 18.4 Å². The molecule has 4 heteroatoms. The molecular weight excluding hydrogens is 238 g/mol. The van der Waals surface area contributed by atoms with E-state index in [1.807, 2.05) is 6.07 Å². The summed E-state index contributed by atoms with van der Waals surface area (Å²) in [6.07, 6.45) is 2.02. The average molecular weight is 261 g/mol. The topological polar surface area (TPSA) is 44.4 Å². The van der Waals surface area contributed by atoms with Crippen molar-refractivity contribution in [2.75, 3.05) is 39.3 Å². The maximum absolute atomic E-state index is 11.7. The normalized spacial score (nSPS) is 16.2. The molecule has 1 amide bonds. The molecule has 0 bridgehead atoms. The number of amides is 1. The van der Waals surface area contributed by atoms with Crippen LogP contribution in [0.5, 0.6) is 0 Å². The van der Waals surface area contributed by atoms with Gasteiger partial charge in [0.1, 0.15) is 0 Å². The van der Waals surface area contributed by atoms with Gasteiger partial charge in [0.05, 0.1) is 6.54 Å². The predicted octanol–water partition coefficient (Wildman–Crippen LogP) is 0.641. The molecule has 1 saturated heterocycles. The van der Waals surface area contributed by atoms with Crippen LogP contribution in [0.1, 0.15) is 12.0 Å². The number of nitrogens with zero attached hydrogens (tertiary/aromatic N) is 1. The van der Waals surface area contributed by atoms with Crippen LogP contribution in [0.2, 0.25) is 0 Å². The molecule has 19 heavy (non-hydrogen) atoms. The predicted molar refractivity (Wildman–Crippen MR) is 77.1 cm³/mol. The Kier molecular flexibility index (Phi) is 5.85. The fourth-order valence-electron chi connectivity index (χ4n) is 2.29. The third-order valence-electron chi connectivity index (χ3n) is 3.38. The first-order valence-corrected chi connectivity index (χ1v) is 7.08. The first kappa shape index (κ1) is 14.0. The van der Waals surface area contributed by atoms with Crippen molar-refractivity contribution >= 4 is 5.91 Å². The summed E-state index contributed by atoms with van der Waals surface area (Å²) in [5.41, 5.74) is 1.33. The molecule has 104 valence electrons. The average Bonchev–Trinajstić information content (AvgIpc) is 2.46. The highest BCUT2D eigenvalue weighted by molar-refractivity contribution is 5.77. The summed E-state index contributed by atoms with van der Waals surface area (Å²) < 4.78 is 0. The number of aryl methyl sites for hydroxylation is 1. The first-order valence-electron chi connectivity index (χ1n) is 7.08. The van der Waals surface area contributed by atoms with Gasteiger partial charge in [0, 0.05) is 32.7 Å². The Morgan fingerprint density at radius 3 is 2.68 bits per heavy atom. The summed E-state index contributed by atoms with van der Waals surface area (Å²) in [5.74, 6) is 0.148. The van der Waals surface area contributed by atoms with Crippen LogP contribution in [0.25, 0.3) is 0 Å². The lowest BCUT2D eigenvalue weighted by Crippen LogP contribution is -2.47. The van der Waals surface area contributed by atoms with Gasteiger partial charge in [0.2, 0.25) is 5.91 Å². The number of rotatable bonds is 6. The minimum Gasteiger partial charge on any atom is -0.355 e. The van der Waals surface area contributed by atoms with Crippen LogP contribution in [-0.4, -0.2) is 50.1 Å². The Morgan fingerprint density at radius 2 is 1.95 bits per heavy atom. The molecule has 0 unspecified atom stereocenters. The van der Waals surface area contributed by atoms with Crippen molar-refractivity contribution in [2.45, 2.75) is 12.8 Å². The summed E-state index contributed by atoms with van der Waals surface area (Å²) in [4.78, 5) is 13.9. The van der Waals surface area contributed by atoms with Gasteiger partial charge in [0.15, 0.2) is 0 Å². The third-order valence-corrected chi connectivity index (χ3v) is 3.38. The lowest BCUT2D eigenvalue weighted by atomic mass is 10.1. The van der Waals surface area contributed by atoms with Crippen LogP contribution in [0.4, 0.5) is 0 Å². The number of carbonyl (C=O) groups excluding carboxylic acids is 1. The van der Waals surface area contributed by atoms with Gasteiger partial charge in [-0.3, -0.25) is 9.69 Å². The van der Waals surface area contributed by atoms with E-state index in [0.717, 1.165) is 45.6 Å². The second-order valence-corrected chi connectivity index (χ2v) is 4.97. The van der Waals surface area contributed by atoms with Gasteiger partial charge in [-0.2, -0.15) is 0 Å². The minimum atomic E-state index is 0.148. The molecule has 1 aliphatic heterocycles. The van der Waals surface area contributed by atoms with Crippen molar-refractivity contribution in [2.24, 2.45) is 0 Å². The molecule has 0 atom stereocenters. The van der Waals surface area contributed by atoms with E-state index in [-0.39, 0.29) is 5.91 Å². The molecule has 1 aliphatic rings. The highest BCUT2D eigenvalue weighted by atomic mass is 16.2. The maximum Gasteiger partial charge on any atom is 0.234 e. The van der Waals surface area contributed by atoms with Crippen molar-refractivity contribution in [1.29, 1.82) is 0 Å². The summed E-state index contributed by atoms with van der Waals surface area (Å²) in [6, 6.07) is 10.4. The maximum atomic E-state index is 11.7. The Morgan fingerprint density at radius 1 is 1.21 bits per heavy atom. The van der Waals surface area contributed by atoms with E-state index in [9.17, 15) is 4.79 Å². The lowest BCUT2D eigenvalue weighted by molar-refractivity contribution is -0.122. The zero-order valence-corrected chi connectivity index (χ0v) is 11.4. The van der Waals surface area contributed by atoms with Crippen LogP contribution in [-0.2, 0) is 11.2 Å². The number of nitrogens with one attached hydrogen (secondary N) is 2. The summed E-state index contributed by atoms with van der Waals surface area (Å²) in [5, 5.41) is 6.28. The van der Waals surface area contributed by atoms with Crippen molar-refractivity contribution < 1.29 is 4.79 Å². The van der Waals surface area contributed by atoms with E-state index in [1.165, 1.54) is 5.56 Å². The van der Waals surface area contributed by atoms with E-state index in [2.05, 4.69) is 39.8 Å². The largest absolute Gasteiger partial charge is 0.355 e. The zero-order chi connectivity index (χ0) is 13.3. The highest BCUT2D eigenvalue weighted by Gasteiger charge is 2.12. The molecule has 2 N–H and O–H groups in total. The van der Waals surface area contributed by atoms with Gasteiger partial charge < -0.3 is 10.6 Å². The van der Waals surface area contributed by atoms with Crippen LogP contribution >= 0.6 is 0 Å².